The van der Waals surface area contributed by atoms with E-state index in [9.17, 15) is 9.59 Å². The summed E-state index contributed by atoms with van der Waals surface area (Å²) in [6, 6.07) is 5.71. The predicted octanol–water partition coefficient (Wildman–Crippen LogP) is 1.88. The van der Waals surface area contributed by atoms with Gasteiger partial charge < -0.3 is 15.0 Å². The molecule has 114 valence electrons. The molecule has 21 heavy (non-hydrogen) atoms. The molecule has 0 bridgehead atoms. The summed E-state index contributed by atoms with van der Waals surface area (Å²) in [6.07, 6.45) is 1.96. The van der Waals surface area contributed by atoms with Crippen molar-refractivity contribution in [2.45, 2.75) is 26.7 Å². The molecule has 0 aromatic heterocycles. The van der Waals surface area contributed by atoms with E-state index in [-0.39, 0.29) is 17.7 Å². The molecule has 2 rings (SSSR count). The first-order chi connectivity index (χ1) is 10.0. The highest BCUT2D eigenvalue weighted by Gasteiger charge is 2.29. The molecule has 1 saturated carbocycles. The van der Waals surface area contributed by atoms with Crippen molar-refractivity contribution in [3.63, 3.8) is 0 Å². The van der Waals surface area contributed by atoms with Crippen LogP contribution in [-0.2, 0) is 9.59 Å². The van der Waals surface area contributed by atoms with E-state index >= 15 is 0 Å². The van der Waals surface area contributed by atoms with E-state index in [1.807, 2.05) is 25.1 Å². The van der Waals surface area contributed by atoms with Crippen molar-refractivity contribution in [2.75, 3.05) is 25.1 Å². The molecular weight excluding hydrogens is 268 g/mol. The van der Waals surface area contributed by atoms with Crippen molar-refractivity contribution < 1.29 is 14.3 Å². The normalized spacial score (nSPS) is 13.7. The van der Waals surface area contributed by atoms with Gasteiger partial charge >= 0.3 is 0 Å². The predicted molar refractivity (Wildman–Crippen MR) is 81.5 cm³/mol. The van der Waals surface area contributed by atoms with E-state index in [1.54, 1.807) is 12.0 Å². The highest BCUT2D eigenvalue weighted by atomic mass is 16.5. The molecule has 0 atom stereocenters. The molecule has 1 fully saturated rings. The van der Waals surface area contributed by atoms with Gasteiger partial charge in [0.1, 0.15) is 5.75 Å². The molecule has 0 radical (unpaired) electrons. The van der Waals surface area contributed by atoms with Gasteiger partial charge in [0, 0.05) is 25.9 Å². The van der Waals surface area contributed by atoms with E-state index in [1.165, 1.54) is 6.92 Å². The summed E-state index contributed by atoms with van der Waals surface area (Å²) in [5.41, 5.74) is 1.80. The van der Waals surface area contributed by atoms with E-state index < -0.39 is 0 Å². The Bertz CT molecular complexity index is 538. The van der Waals surface area contributed by atoms with Gasteiger partial charge in [0.15, 0.2) is 0 Å². The van der Waals surface area contributed by atoms with Gasteiger partial charge in [0.2, 0.25) is 11.8 Å². The van der Waals surface area contributed by atoms with Crippen LogP contribution in [0, 0.1) is 12.8 Å². The number of hydrogen-bond acceptors (Lipinski definition) is 3. The van der Waals surface area contributed by atoms with E-state index in [0.29, 0.717) is 18.8 Å². The Kier molecular flexibility index (Phi) is 4.83. The third-order valence-electron chi connectivity index (χ3n) is 3.59. The van der Waals surface area contributed by atoms with Crippen LogP contribution in [0.3, 0.4) is 0 Å². The summed E-state index contributed by atoms with van der Waals surface area (Å²) >= 11 is 0. The van der Waals surface area contributed by atoms with E-state index in [0.717, 1.165) is 24.1 Å². The van der Waals surface area contributed by atoms with Crippen LogP contribution in [0.1, 0.15) is 25.3 Å². The van der Waals surface area contributed by atoms with Crippen molar-refractivity contribution in [1.29, 1.82) is 0 Å². The maximum absolute atomic E-state index is 11.9. The average Bonchev–Trinajstić information content (AvgIpc) is 3.27. The molecule has 0 heterocycles. The second-order valence-corrected chi connectivity index (χ2v) is 5.41. The number of methoxy groups -OCH3 is 1. The summed E-state index contributed by atoms with van der Waals surface area (Å²) in [6.45, 7) is 4.38. The lowest BCUT2D eigenvalue weighted by Gasteiger charge is -2.24. The zero-order valence-corrected chi connectivity index (χ0v) is 12.8. The standard InChI is InChI=1S/C16H22N2O3/c1-11-4-7-15(21-3)14(10-11)18(12(2)19)9-8-17-16(20)13-5-6-13/h4,7,10,13H,5-6,8-9H2,1-3H3,(H,17,20). The number of aryl methyl sites for hydroxylation is 1. The molecule has 1 aliphatic carbocycles. The fourth-order valence-corrected chi connectivity index (χ4v) is 2.24. The van der Waals surface area contributed by atoms with Gasteiger partial charge in [-0.2, -0.15) is 0 Å². The Labute approximate surface area is 125 Å². The number of carbonyl (C=O) groups is 2. The van der Waals surface area contributed by atoms with Gasteiger partial charge in [-0.05, 0) is 37.5 Å². The van der Waals surface area contributed by atoms with Crippen LogP contribution < -0.4 is 15.0 Å². The minimum atomic E-state index is -0.0698. The lowest BCUT2D eigenvalue weighted by Crippen LogP contribution is -2.38. The molecule has 0 saturated heterocycles. The summed E-state index contributed by atoms with van der Waals surface area (Å²) in [5, 5.41) is 2.88. The van der Waals surface area contributed by atoms with E-state index in [4.69, 9.17) is 4.74 Å². The van der Waals surface area contributed by atoms with Crippen LogP contribution >= 0.6 is 0 Å². The lowest BCUT2D eigenvalue weighted by atomic mass is 10.2. The molecule has 1 N–H and O–H groups in total. The van der Waals surface area contributed by atoms with Crippen LogP contribution in [-0.4, -0.2) is 32.0 Å². The Morgan fingerprint density at radius 3 is 2.67 bits per heavy atom. The van der Waals surface area contributed by atoms with Crippen LogP contribution in [0.4, 0.5) is 5.69 Å². The Morgan fingerprint density at radius 2 is 2.10 bits per heavy atom. The van der Waals surface area contributed by atoms with Crippen molar-refractivity contribution >= 4 is 17.5 Å². The minimum Gasteiger partial charge on any atom is -0.495 e. The number of benzene rings is 1. The third kappa shape index (κ3) is 3.97. The van der Waals surface area contributed by atoms with Gasteiger partial charge in [0.25, 0.3) is 0 Å². The number of hydrogen-bond donors (Lipinski definition) is 1. The van der Waals surface area contributed by atoms with Crippen molar-refractivity contribution in [1.82, 2.24) is 5.32 Å². The largest absolute Gasteiger partial charge is 0.495 e. The second kappa shape index (κ2) is 6.61. The van der Waals surface area contributed by atoms with E-state index in [2.05, 4.69) is 5.32 Å². The molecule has 5 nitrogen and oxygen atoms in total. The van der Waals surface area contributed by atoms with Crippen LogP contribution in [0.15, 0.2) is 18.2 Å². The van der Waals surface area contributed by atoms with Gasteiger partial charge in [-0.25, -0.2) is 0 Å². The maximum Gasteiger partial charge on any atom is 0.224 e. The fourth-order valence-electron chi connectivity index (χ4n) is 2.24. The highest BCUT2D eigenvalue weighted by molar-refractivity contribution is 5.93. The number of anilines is 1. The number of ether oxygens (including phenoxy) is 1. The van der Waals surface area contributed by atoms with Gasteiger partial charge in [0.05, 0.1) is 12.8 Å². The summed E-state index contributed by atoms with van der Waals surface area (Å²) in [4.78, 5) is 25.2. The summed E-state index contributed by atoms with van der Waals surface area (Å²) in [5.74, 6) is 0.864. The number of amides is 2. The second-order valence-electron chi connectivity index (χ2n) is 5.41. The van der Waals surface area contributed by atoms with Crippen LogP contribution in [0.2, 0.25) is 0 Å². The Hall–Kier alpha value is -2.04. The molecular formula is C16H22N2O3. The number of nitrogens with zero attached hydrogens (tertiary/aromatic N) is 1. The lowest BCUT2D eigenvalue weighted by molar-refractivity contribution is -0.122. The van der Waals surface area contributed by atoms with Crippen molar-refractivity contribution in [3.8, 4) is 5.75 Å². The zero-order chi connectivity index (χ0) is 15.4. The molecule has 1 aromatic carbocycles. The third-order valence-corrected chi connectivity index (χ3v) is 3.59. The Balaban J connectivity index is 2.05. The number of nitrogens with one attached hydrogen (secondary N) is 1. The molecule has 1 aromatic rings. The molecule has 0 spiro atoms. The monoisotopic (exact) mass is 290 g/mol. The topological polar surface area (TPSA) is 58.6 Å². The maximum atomic E-state index is 11.9. The van der Waals surface area contributed by atoms with Gasteiger partial charge in [-0.3, -0.25) is 9.59 Å². The first-order valence-corrected chi connectivity index (χ1v) is 7.23. The first kappa shape index (κ1) is 15.4. The van der Waals surface area contributed by atoms with Crippen molar-refractivity contribution in [3.05, 3.63) is 23.8 Å². The fraction of sp³-hybridized carbons (Fsp3) is 0.500. The molecule has 2 amide bonds. The molecule has 5 heteroatoms. The molecule has 0 unspecified atom stereocenters. The SMILES string of the molecule is COc1ccc(C)cc1N(CCNC(=O)C1CC1)C(C)=O. The van der Waals surface area contributed by atoms with Crippen LogP contribution in [0.5, 0.6) is 5.75 Å². The Morgan fingerprint density at radius 1 is 1.38 bits per heavy atom. The number of rotatable bonds is 6. The first-order valence-electron chi connectivity index (χ1n) is 7.23. The smallest absolute Gasteiger partial charge is 0.224 e. The zero-order valence-electron chi connectivity index (χ0n) is 12.8. The quantitative estimate of drug-likeness (QED) is 0.870. The minimum absolute atomic E-state index is 0.0698. The summed E-state index contributed by atoms with van der Waals surface area (Å²) in [7, 11) is 1.58. The average molecular weight is 290 g/mol. The number of carbonyl (C=O) groups excluding carboxylic acids is 2. The van der Waals surface area contributed by atoms with Crippen molar-refractivity contribution in [2.24, 2.45) is 5.92 Å². The highest BCUT2D eigenvalue weighted by Crippen LogP contribution is 2.30. The molecule has 0 aliphatic heterocycles. The van der Waals surface area contributed by atoms with Gasteiger partial charge in [-0.15, -0.1) is 0 Å². The molecule has 1 aliphatic rings. The van der Waals surface area contributed by atoms with Crippen LogP contribution in [0.25, 0.3) is 0 Å². The summed E-state index contributed by atoms with van der Waals surface area (Å²) < 4.78 is 5.33. The van der Waals surface area contributed by atoms with Gasteiger partial charge in [-0.1, -0.05) is 6.07 Å².